The van der Waals surface area contributed by atoms with E-state index in [2.05, 4.69) is 10.1 Å². The van der Waals surface area contributed by atoms with Crippen molar-refractivity contribution in [1.29, 1.82) is 0 Å². The summed E-state index contributed by atoms with van der Waals surface area (Å²) in [4.78, 5) is 4.00. The Balaban J connectivity index is 2.36. The highest BCUT2D eigenvalue weighted by Gasteiger charge is 2.14. The van der Waals surface area contributed by atoms with Crippen LogP contribution in [0.3, 0.4) is 0 Å². The molecule has 15 heavy (non-hydrogen) atoms. The van der Waals surface area contributed by atoms with Gasteiger partial charge in [0.2, 0.25) is 0 Å². The minimum Gasteiger partial charge on any atom is -0.398 e. The molecule has 0 saturated heterocycles. The molecule has 0 amide bonds. The van der Waals surface area contributed by atoms with E-state index in [0.717, 1.165) is 11.3 Å². The van der Waals surface area contributed by atoms with Crippen LogP contribution in [-0.2, 0) is 7.05 Å². The lowest BCUT2D eigenvalue weighted by Gasteiger charge is -2.10. The first-order valence-electron chi connectivity index (χ1n) is 4.63. The molecule has 2 aromatic heterocycles. The highest BCUT2D eigenvalue weighted by atomic mass is 15.3. The quantitative estimate of drug-likeness (QED) is 0.742. The fourth-order valence-corrected chi connectivity index (χ4v) is 1.44. The molecule has 0 aliphatic heterocycles. The number of anilines is 1. The smallest absolute Gasteiger partial charge is 0.0838 e. The van der Waals surface area contributed by atoms with Crippen molar-refractivity contribution in [3.8, 4) is 0 Å². The lowest BCUT2D eigenvalue weighted by atomic mass is 10.1. The van der Waals surface area contributed by atoms with Crippen LogP contribution in [0, 0.1) is 0 Å². The maximum atomic E-state index is 6.03. The summed E-state index contributed by atoms with van der Waals surface area (Å²) < 4.78 is 1.71. The van der Waals surface area contributed by atoms with Crippen LogP contribution in [0.4, 0.5) is 5.69 Å². The molecule has 4 N–H and O–H groups in total. The monoisotopic (exact) mass is 203 g/mol. The van der Waals surface area contributed by atoms with E-state index in [4.69, 9.17) is 11.5 Å². The Morgan fingerprint density at radius 2 is 2.20 bits per heavy atom. The summed E-state index contributed by atoms with van der Waals surface area (Å²) in [6.45, 7) is 0. The highest BCUT2D eigenvalue weighted by molar-refractivity contribution is 5.48. The van der Waals surface area contributed by atoms with Gasteiger partial charge in [0.1, 0.15) is 0 Å². The Labute approximate surface area is 87.7 Å². The Morgan fingerprint density at radius 1 is 1.40 bits per heavy atom. The third-order valence-electron chi connectivity index (χ3n) is 2.28. The SMILES string of the molecule is Cn1ccc(C(N)c2cnccc2N)n1. The zero-order valence-electron chi connectivity index (χ0n) is 8.46. The molecule has 0 aliphatic carbocycles. The second-order valence-electron chi connectivity index (χ2n) is 3.40. The van der Waals surface area contributed by atoms with E-state index in [1.54, 1.807) is 23.1 Å². The topological polar surface area (TPSA) is 82.8 Å². The van der Waals surface area contributed by atoms with Crippen LogP contribution in [0.15, 0.2) is 30.7 Å². The van der Waals surface area contributed by atoms with Crippen molar-refractivity contribution in [1.82, 2.24) is 14.8 Å². The molecule has 0 fully saturated rings. The van der Waals surface area contributed by atoms with Crippen molar-refractivity contribution in [2.45, 2.75) is 6.04 Å². The molecule has 0 radical (unpaired) electrons. The van der Waals surface area contributed by atoms with Gasteiger partial charge >= 0.3 is 0 Å². The van der Waals surface area contributed by atoms with Gasteiger partial charge in [-0.3, -0.25) is 9.67 Å². The summed E-state index contributed by atoms with van der Waals surface area (Å²) in [6, 6.07) is 3.29. The molecule has 5 nitrogen and oxygen atoms in total. The van der Waals surface area contributed by atoms with E-state index >= 15 is 0 Å². The van der Waals surface area contributed by atoms with Gasteiger partial charge in [-0.15, -0.1) is 0 Å². The fraction of sp³-hybridized carbons (Fsp3) is 0.200. The van der Waals surface area contributed by atoms with E-state index in [9.17, 15) is 0 Å². The first-order chi connectivity index (χ1) is 7.18. The standard InChI is InChI=1S/C10H13N5/c1-15-5-3-9(14-15)10(12)7-6-13-4-2-8(7)11/h2-6,10H,12H2,1H3,(H2,11,13). The van der Waals surface area contributed by atoms with Gasteiger partial charge in [0.05, 0.1) is 11.7 Å². The number of hydrogen-bond donors (Lipinski definition) is 2. The first-order valence-corrected chi connectivity index (χ1v) is 4.63. The van der Waals surface area contributed by atoms with Crippen LogP contribution in [-0.4, -0.2) is 14.8 Å². The number of hydrogen-bond acceptors (Lipinski definition) is 4. The highest BCUT2D eigenvalue weighted by Crippen LogP contribution is 2.21. The van der Waals surface area contributed by atoms with Crippen LogP contribution >= 0.6 is 0 Å². The summed E-state index contributed by atoms with van der Waals surface area (Å²) >= 11 is 0. The van der Waals surface area contributed by atoms with Gasteiger partial charge in [-0.1, -0.05) is 0 Å². The number of pyridine rings is 1. The van der Waals surface area contributed by atoms with Crippen molar-refractivity contribution < 1.29 is 0 Å². The summed E-state index contributed by atoms with van der Waals surface area (Å²) in [5.74, 6) is 0. The molecule has 2 heterocycles. The Kier molecular flexibility index (Phi) is 2.39. The zero-order chi connectivity index (χ0) is 10.8. The number of nitrogens with two attached hydrogens (primary N) is 2. The van der Waals surface area contributed by atoms with Crippen LogP contribution < -0.4 is 11.5 Å². The molecule has 0 bridgehead atoms. The maximum absolute atomic E-state index is 6.03. The first kappa shape index (κ1) is 9.67. The average Bonchev–Trinajstić information content (AvgIpc) is 2.65. The van der Waals surface area contributed by atoms with Crippen molar-refractivity contribution in [2.75, 3.05) is 5.73 Å². The van der Waals surface area contributed by atoms with Crippen molar-refractivity contribution in [2.24, 2.45) is 12.8 Å². The van der Waals surface area contributed by atoms with Gasteiger partial charge in [-0.2, -0.15) is 5.10 Å². The predicted molar refractivity (Wildman–Crippen MR) is 57.9 cm³/mol. The second-order valence-corrected chi connectivity index (χ2v) is 3.40. The lowest BCUT2D eigenvalue weighted by molar-refractivity contribution is 0.715. The van der Waals surface area contributed by atoms with E-state index in [1.165, 1.54) is 0 Å². The Bertz CT molecular complexity index is 462. The van der Waals surface area contributed by atoms with Crippen molar-refractivity contribution in [3.05, 3.63) is 42.0 Å². The Morgan fingerprint density at radius 3 is 2.80 bits per heavy atom. The molecule has 0 saturated carbocycles. The van der Waals surface area contributed by atoms with E-state index in [0.29, 0.717) is 5.69 Å². The molecular weight excluding hydrogens is 190 g/mol. The van der Waals surface area contributed by atoms with E-state index in [-0.39, 0.29) is 6.04 Å². The summed E-state index contributed by atoms with van der Waals surface area (Å²) in [6.07, 6.45) is 5.17. The summed E-state index contributed by atoms with van der Waals surface area (Å²) in [5, 5.41) is 4.24. The molecule has 0 aliphatic rings. The normalized spacial score (nSPS) is 12.7. The van der Waals surface area contributed by atoms with E-state index < -0.39 is 0 Å². The van der Waals surface area contributed by atoms with Crippen LogP contribution in [0.25, 0.3) is 0 Å². The minimum atomic E-state index is -0.320. The number of nitrogen functional groups attached to an aromatic ring is 1. The fourth-order valence-electron chi connectivity index (χ4n) is 1.44. The van der Waals surface area contributed by atoms with Crippen LogP contribution in [0.2, 0.25) is 0 Å². The molecule has 78 valence electrons. The van der Waals surface area contributed by atoms with Gasteiger partial charge in [-0.05, 0) is 12.1 Å². The van der Waals surface area contributed by atoms with Crippen molar-refractivity contribution >= 4 is 5.69 Å². The maximum Gasteiger partial charge on any atom is 0.0838 e. The molecule has 0 spiro atoms. The summed E-state index contributed by atoms with van der Waals surface area (Å²) in [5.41, 5.74) is 14.1. The molecule has 5 heteroatoms. The van der Waals surface area contributed by atoms with Gasteiger partial charge in [0.25, 0.3) is 0 Å². The minimum absolute atomic E-state index is 0.320. The number of aromatic nitrogens is 3. The number of aryl methyl sites for hydroxylation is 1. The second kappa shape index (κ2) is 3.70. The number of nitrogens with zero attached hydrogens (tertiary/aromatic N) is 3. The van der Waals surface area contributed by atoms with Crippen molar-refractivity contribution in [3.63, 3.8) is 0 Å². The van der Waals surface area contributed by atoms with Gasteiger partial charge in [0.15, 0.2) is 0 Å². The molecule has 1 unspecified atom stereocenters. The van der Waals surface area contributed by atoms with Gasteiger partial charge < -0.3 is 11.5 Å². The lowest BCUT2D eigenvalue weighted by Crippen LogP contribution is -2.15. The third kappa shape index (κ3) is 1.82. The van der Waals surface area contributed by atoms with Gasteiger partial charge in [0, 0.05) is 36.9 Å². The average molecular weight is 203 g/mol. The Hall–Kier alpha value is -1.88. The van der Waals surface area contributed by atoms with Crippen LogP contribution in [0.1, 0.15) is 17.3 Å². The largest absolute Gasteiger partial charge is 0.398 e. The zero-order valence-corrected chi connectivity index (χ0v) is 8.46. The predicted octanol–water partition coefficient (Wildman–Crippen LogP) is 0.445. The molecule has 2 rings (SSSR count). The molecule has 2 aromatic rings. The summed E-state index contributed by atoms with van der Waals surface area (Å²) in [7, 11) is 1.85. The molecule has 0 aromatic carbocycles. The van der Waals surface area contributed by atoms with Gasteiger partial charge in [-0.25, -0.2) is 0 Å². The molecular formula is C10H13N5. The molecule has 1 atom stereocenters. The third-order valence-corrected chi connectivity index (χ3v) is 2.28. The van der Waals surface area contributed by atoms with E-state index in [1.807, 2.05) is 19.3 Å². The van der Waals surface area contributed by atoms with Crippen LogP contribution in [0.5, 0.6) is 0 Å². The number of rotatable bonds is 2.